The summed E-state index contributed by atoms with van der Waals surface area (Å²) in [6, 6.07) is 8.37. The van der Waals surface area contributed by atoms with E-state index in [1.807, 2.05) is 24.3 Å². The van der Waals surface area contributed by atoms with Crippen LogP contribution in [0.2, 0.25) is 0 Å². The summed E-state index contributed by atoms with van der Waals surface area (Å²) in [7, 11) is 0. The molecule has 0 saturated carbocycles. The van der Waals surface area contributed by atoms with Gasteiger partial charge < -0.3 is 16.4 Å². The van der Waals surface area contributed by atoms with E-state index in [1.165, 1.54) is 19.4 Å². The highest BCUT2D eigenvalue weighted by Crippen LogP contribution is 2.27. The Morgan fingerprint density at radius 1 is 1.25 bits per heavy atom. The molecule has 1 aromatic rings. The number of anilines is 1. The van der Waals surface area contributed by atoms with Crippen LogP contribution in [0.5, 0.6) is 0 Å². The van der Waals surface area contributed by atoms with Crippen LogP contribution < -0.4 is 16.4 Å². The van der Waals surface area contributed by atoms with Gasteiger partial charge in [0.2, 0.25) is 0 Å². The van der Waals surface area contributed by atoms with Gasteiger partial charge >= 0.3 is 6.03 Å². The first-order chi connectivity index (χ1) is 9.76. The molecule has 2 fully saturated rings. The standard InChI is InChI=1S/C15H22N4O/c16-10-11-3-5-12(6-4-11)17-15(20)18-13-7-9-19-8-1-2-14(13)19/h3-6,13-14H,1-2,7-10,16H2,(H2,17,18,20). The highest BCUT2D eigenvalue weighted by atomic mass is 16.2. The van der Waals surface area contributed by atoms with E-state index in [0.29, 0.717) is 18.6 Å². The summed E-state index contributed by atoms with van der Waals surface area (Å²) in [5, 5.41) is 6.00. The van der Waals surface area contributed by atoms with Crippen molar-refractivity contribution in [1.82, 2.24) is 10.2 Å². The summed E-state index contributed by atoms with van der Waals surface area (Å²) in [4.78, 5) is 14.5. The number of fused-ring (bicyclic) bond motifs is 1. The van der Waals surface area contributed by atoms with E-state index in [2.05, 4.69) is 15.5 Å². The molecule has 2 atom stereocenters. The molecular weight excluding hydrogens is 252 g/mol. The minimum Gasteiger partial charge on any atom is -0.334 e. The third-order valence-corrected chi connectivity index (χ3v) is 4.37. The van der Waals surface area contributed by atoms with Crippen molar-refractivity contribution in [3.63, 3.8) is 0 Å². The minimum atomic E-state index is -0.107. The molecule has 20 heavy (non-hydrogen) atoms. The average Bonchev–Trinajstić information content (AvgIpc) is 3.05. The molecule has 5 nitrogen and oxygen atoms in total. The second-order valence-electron chi connectivity index (χ2n) is 5.64. The van der Waals surface area contributed by atoms with Crippen LogP contribution in [0.15, 0.2) is 24.3 Å². The second kappa shape index (κ2) is 5.81. The van der Waals surface area contributed by atoms with Crippen LogP contribution in [0.1, 0.15) is 24.8 Å². The van der Waals surface area contributed by atoms with Gasteiger partial charge in [-0.2, -0.15) is 0 Å². The Morgan fingerprint density at radius 3 is 2.80 bits per heavy atom. The Balaban J connectivity index is 1.54. The summed E-state index contributed by atoms with van der Waals surface area (Å²) in [5.74, 6) is 0. The molecule has 0 aliphatic carbocycles. The number of nitrogens with zero attached hydrogens (tertiary/aromatic N) is 1. The van der Waals surface area contributed by atoms with Crippen LogP contribution >= 0.6 is 0 Å². The molecule has 0 aromatic heterocycles. The van der Waals surface area contributed by atoms with Crippen LogP contribution in [-0.2, 0) is 6.54 Å². The molecule has 5 heteroatoms. The summed E-state index contributed by atoms with van der Waals surface area (Å²) in [6.07, 6.45) is 3.52. The quantitative estimate of drug-likeness (QED) is 0.782. The summed E-state index contributed by atoms with van der Waals surface area (Å²) >= 11 is 0. The maximum absolute atomic E-state index is 12.0. The normalized spacial score (nSPS) is 25.4. The molecule has 108 valence electrons. The summed E-state index contributed by atoms with van der Waals surface area (Å²) in [5.41, 5.74) is 7.42. The van der Waals surface area contributed by atoms with Gasteiger partial charge in [0, 0.05) is 30.9 Å². The molecular formula is C15H22N4O. The molecule has 4 N–H and O–H groups in total. The zero-order valence-corrected chi connectivity index (χ0v) is 11.6. The predicted molar refractivity (Wildman–Crippen MR) is 79.5 cm³/mol. The first-order valence-electron chi connectivity index (χ1n) is 7.37. The van der Waals surface area contributed by atoms with E-state index in [0.717, 1.165) is 24.2 Å². The van der Waals surface area contributed by atoms with E-state index in [4.69, 9.17) is 5.73 Å². The van der Waals surface area contributed by atoms with Gasteiger partial charge in [-0.05, 0) is 43.5 Å². The average molecular weight is 274 g/mol. The van der Waals surface area contributed by atoms with Crippen molar-refractivity contribution in [2.75, 3.05) is 18.4 Å². The van der Waals surface area contributed by atoms with Crippen LogP contribution in [0, 0.1) is 0 Å². The van der Waals surface area contributed by atoms with Gasteiger partial charge in [-0.25, -0.2) is 4.79 Å². The molecule has 0 spiro atoms. The van der Waals surface area contributed by atoms with Gasteiger partial charge in [-0.15, -0.1) is 0 Å². The Labute approximate surface area is 119 Å². The smallest absolute Gasteiger partial charge is 0.319 e. The molecule has 2 heterocycles. The summed E-state index contributed by atoms with van der Waals surface area (Å²) in [6.45, 7) is 2.82. The molecule has 3 rings (SSSR count). The fourth-order valence-electron chi connectivity index (χ4n) is 3.31. The Kier molecular flexibility index (Phi) is 3.89. The lowest BCUT2D eigenvalue weighted by Gasteiger charge is -2.21. The number of nitrogens with one attached hydrogen (secondary N) is 2. The van der Waals surface area contributed by atoms with Gasteiger partial charge in [0.15, 0.2) is 0 Å². The van der Waals surface area contributed by atoms with E-state index < -0.39 is 0 Å². The van der Waals surface area contributed by atoms with E-state index >= 15 is 0 Å². The fraction of sp³-hybridized carbons (Fsp3) is 0.533. The number of carbonyl (C=O) groups is 1. The van der Waals surface area contributed by atoms with Crippen molar-refractivity contribution in [3.8, 4) is 0 Å². The highest BCUT2D eigenvalue weighted by molar-refractivity contribution is 5.89. The lowest BCUT2D eigenvalue weighted by molar-refractivity contribution is 0.243. The fourth-order valence-corrected chi connectivity index (χ4v) is 3.31. The van der Waals surface area contributed by atoms with Gasteiger partial charge in [-0.1, -0.05) is 12.1 Å². The van der Waals surface area contributed by atoms with Crippen molar-refractivity contribution in [3.05, 3.63) is 29.8 Å². The monoisotopic (exact) mass is 274 g/mol. The SMILES string of the molecule is NCc1ccc(NC(=O)NC2CCN3CCCC23)cc1. The number of nitrogens with two attached hydrogens (primary N) is 1. The number of benzene rings is 1. The van der Waals surface area contributed by atoms with Crippen LogP contribution in [-0.4, -0.2) is 36.1 Å². The Bertz CT molecular complexity index is 473. The first kappa shape index (κ1) is 13.4. The van der Waals surface area contributed by atoms with E-state index in [-0.39, 0.29) is 6.03 Å². The molecule has 0 bridgehead atoms. The number of urea groups is 1. The number of carbonyl (C=O) groups excluding carboxylic acids is 1. The molecule has 2 amide bonds. The van der Waals surface area contributed by atoms with E-state index in [9.17, 15) is 4.79 Å². The number of rotatable bonds is 3. The largest absolute Gasteiger partial charge is 0.334 e. The Hall–Kier alpha value is -1.59. The van der Waals surface area contributed by atoms with Crippen LogP contribution in [0.3, 0.4) is 0 Å². The molecule has 0 radical (unpaired) electrons. The number of hydrogen-bond acceptors (Lipinski definition) is 3. The summed E-state index contributed by atoms with van der Waals surface area (Å²) < 4.78 is 0. The van der Waals surface area contributed by atoms with Crippen LogP contribution in [0.4, 0.5) is 10.5 Å². The van der Waals surface area contributed by atoms with Gasteiger partial charge in [0.05, 0.1) is 0 Å². The van der Waals surface area contributed by atoms with Gasteiger partial charge in [-0.3, -0.25) is 4.90 Å². The zero-order chi connectivity index (χ0) is 13.9. The third-order valence-electron chi connectivity index (χ3n) is 4.37. The Morgan fingerprint density at radius 2 is 2.05 bits per heavy atom. The third kappa shape index (κ3) is 2.78. The zero-order valence-electron chi connectivity index (χ0n) is 11.6. The number of hydrogen-bond donors (Lipinski definition) is 3. The van der Waals surface area contributed by atoms with Gasteiger partial charge in [0.1, 0.15) is 0 Å². The lowest BCUT2D eigenvalue weighted by atomic mass is 10.1. The van der Waals surface area contributed by atoms with Crippen molar-refractivity contribution < 1.29 is 4.79 Å². The topological polar surface area (TPSA) is 70.4 Å². The molecule has 2 aliphatic heterocycles. The van der Waals surface area contributed by atoms with Crippen molar-refractivity contribution in [1.29, 1.82) is 0 Å². The lowest BCUT2D eigenvalue weighted by Crippen LogP contribution is -2.44. The minimum absolute atomic E-state index is 0.107. The van der Waals surface area contributed by atoms with Crippen molar-refractivity contribution >= 4 is 11.7 Å². The van der Waals surface area contributed by atoms with Gasteiger partial charge in [0.25, 0.3) is 0 Å². The maximum atomic E-state index is 12.0. The predicted octanol–water partition coefficient (Wildman–Crippen LogP) is 1.50. The van der Waals surface area contributed by atoms with Crippen molar-refractivity contribution in [2.24, 2.45) is 5.73 Å². The molecule has 2 unspecified atom stereocenters. The maximum Gasteiger partial charge on any atom is 0.319 e. The molecule has 2 aliphatic rings. The molecule has 2 saturated heterocycles. The molecule has 1 aromatic carbocycles. The van der Waals surface area contributed by atoms with Crippen molar-refractivity contribution in [2.45, 2.75) is 37.9 Å². The first-order valence-corrected chi connectivity index (χ1v) is 7.37. The van der Waals surface area contributed by atoms with Crippen LogP contribution in [0.25, 0.3) is 0 Å². The number of amides is 2. The van der Waals surface area contributed by atoms with E-state index in [1.54, 1.807) is 0 Å². The highest BCUT2D eigenvalue weighted by Gasteiger charge is 2.37. The second-order valence-corrected chi connectivity index (χ2v) is 5.64.